The third-order valence-corrected chi connectivity index (χ3v) is 2.13. The average molecular weight is 128 g/mol. The lowest BCUT2D eigenvalue weighted by molar-refractivity contribution is -0.0359. The number of hydrogen-bond acceptors (Lipinski definition) is 3. The maximum atomic E-state index is 5.67. The lowest BCUT2D eigenvalue weighted by atomic mass is 9.92. The van der Waals surface area contributed by atoms with Crippen LogP contribution in [0.2, 0.25) is 0 Å². The standard InChI is InChI=1S/C6H12N2O/c7-5-1-6(9-2-5)3-8-4-6/h5,8H,1-4,7H2. The van der Waals surface area contributed by atoms with Crippen molar-refractivity contribution in [2.24, 2.45) is 5.73 Å². The number of hydrogen-bond donors (Lipinski definition) is 2. The van der Waals surface area contributed by atoms with E-state index in [1.54, 1.807) is 0 Å². The number of nitrogens with two attached hydrogens (primary N) is 1. The van der Waals surface area contributed by atoms with Crippen LogP contribution >= 0.6 is 0 Å². The zero-order valence-corrected chi connectivity index (χ0v) is 5.39. The van der Waals surface area contributed by atoms with Crippen molar-refractivity contribution in [1.29, 1.82) is 0 Å². The second-order valence-corrected chi connectivity index (χ2v) is 3.06. The third kappa shape index (κ3) is 0.764. The fourth-order valence-electron chi connectivity index (χ4n) is 1.53. The fraction of sp³-hybridized carbons (Fsp3) is 1.00. The van der Waals surface area contributed by atoms with Gasteiger partial charge in [0.25, 0.3) is 0 Å². The Balaban J connectivity index is 1.99. The number of nitrogens with one attached hydrogen (secondary N) is 1. The van der Waals surface area contributed by atoms with Crippen LogP contribution in [0.25, 0.3) is 0 Å². The van der Waals surface area contributed by atoms with Crippen LogP contribution in [0, 0.1) is 0 Å². The Kier molecular flexibility index (Phi) is 1.06. The molecule has 0 bridgehead atoms. The summed E-state index contributed by atoms with van der Waals surface area (Å²) < 4.78 is 5.50. The average Bonchev–Trinajstić information content (AvgIpc) is 2.09. The molecule has 2 heterocycles. The van der Waals surface area contributed by atoms with E-state index < -0.39 is 0 Å². The normalized spacial score (nSPS) is 39.0. The first kappa shape index (κ1) is 5.65. The van der Waals surface area contributed by atoms with Crippen LogP contribution in [-0.2, 0) is 4.74 Å². The molecule has 2 aliphatic heterocycles. The van der Waals surface area contributed by atoms with Crippen molar-refractivity contribution < 1.29 is 4.74 Å². The summed E-state index contributed by atoms with van der Waals surface area (Å²) in [4.78, 5) is 0. The highest BCUT2D eigenvalue weighted by atomic mass is 16.5. The molecule has 0 radical (unpaired) electrons. The van der Waals surface area contributed by atoms with Gasteiger partial charge in [0.1, 0.15) is 0 Å². The van der Waals surface area contributed by atoms with Crippen LogP contribution in [0.4, 0.5) is 0 Å². The van der Waals surface area contributed by atoms with Crippen molar-refractivity contribution >= 4 is 0 Å². The van der Waals surface area contributed by atoms with Gasteiger partial charge in [-0.1, -0.05) is 0 Å². The molecule has 0 aliphatic carbocycles. The Morgan fingerprint density at radius 2 is 2.33 bits per heavy atom. The van der Waals surface area contributed by atoms with Gasteiger partial charge >= 0.3 is 0 Å². The van der Waals surface area contributed by atoms with Crippen LogP contribution in [0.5, 0.6) is 0 Å². The minimum absolute atomic E-state index is 0.152. The summed E-state index contributed by atoms with van der Waals surface area (Å²) in [6.07, 6.45) is 1.04. The molecule has 2 saturated heterocycles. The molecule has 0 saturated carbocycles. The molecule has 3 nitrogen and oxygen atoms in total. The zero-order chi connectivity index (χ0) is 6.32. The summed E-state index contributed by atoms with van der Waals surface area (Å²) in [5.74, 6) is 0. The molecule has 3 heteroatoms. The minimum atomic E-state index is 0.152. The topological polar surface area (TPSA) is 47.3 Å². The summed E-state index contributed by atoms with van der Waals surface area (Å²) in [5, 5.41) is 3.18. The maximum absolute atomic E-state index is 5.67. The molecule has 52 valence electrons. The van der Waals surface area contributed by atoms with Crippen LogP contribution in [0.15, 0.2) is 0 Å². The van der Waals surface area contributed by atoms with Crippen LogP contribution in [0.3, 0.4) is 0 Å². The Hall–Kier alpha value is -0.120. The first-order valence-corrected chi connectivity index (χ1v) is 3.41. The molecule has 0 aromatic rings. The Morgan fingerprint density at radius 3 is 2.56 bits per heavy atom. The van der Waals surface area contributed by atoms with Gasteiger partial charge in [-0.3, -0.25) is 0 Å². The SMILES string of the molecule is NC1COC2(CNC2)C1. The van der Waals surface area contributed by atoms with Gasteiger partial charge < -0.3 is 15.8 Å². The second kappa shape index (κ2) is 1.68. The van der Waals surface area contributed by atoms with E-state index in [9.17, 15) is 0 Å². The number of ether oxygens (including phenoxy) is 1. The highest BCUT2D eigenvalue weighted by Crippen LogP contribution is 2.28. The van der Waals surface area contributed by atoms with E-state index >= 15 is 0 Å². The van der Waals surface area contributed by atoms with Gasteiger partial charge in [-0.05, 0) is 6.42 Å². The van der Waals surface area contributed by atoms with E-state index in [-0.39, 0.29) is 11.6 Å². The summed E-state index contributed by atoms with van der Waals surface area (Å²) in [6.45, 7) is 2.75. The Labute approximate surface area is 54.6 Å². The predicted octanol–water partition coefficient (Wildman–Crippen LogP) is -0.924. The van der Waals surface area contributed by atoms with Gasteiger partial charge in [-0.2, -0.15) is 0 Å². The van der Waals surface area contributed by atoms with Crippen molar-refractivity contribution in [1.82, 2.24) is 5.32 Å². The molecule has 2 fully saturated rings. The van der Waals surface area contributed by atoms with Crippen LogP contribution < -0.4 is 11.1 Å². The van der Waals surface area contributed by atoms with Crippen LogP contribution in [0.1, 0.15) is 6.42 Å². The van der Waals surface area contributed by atoms with Gasteiger partial charge in [0.05, 0.1) is 12.2 Å². The largest absolute Gasteiger partial charge is 0.371 e. The van der Waals surface area contributed by atoms with Crippen molar-refractivity contribution in [2.45, 2.75) is 18.1 Å². The lowest BCUT2D eigenvalue weighted by Gasteiger charge is -2.37. The fourth-order valence-corrected chi connectivity index (χ4v) is 1.53. The van der Waals surface area contributed by atoms with Gasteiger partial charge in [-0.25, -0.2) is 0 Å². The van der Waals surface area contributed by atoms with Crippen molar-refractivity contribution in [3.05, 3.63) is 0 Å². The Bertz CT molecular complexity index is 122. The molecule has 0 amide bonds. The first-order valence-electron chi connectivity index (χ1n) is 3.41. The second-order valence-electron chi connectivity index (χ2n) is 3.06. The molecule has 2 aliphatic rings. The first-order chi connectivity index (χ1) is 4.31. The van der Waals surface area contributed by atoms with Gasteiger partial charge in [0, 0.05) is 19.1 Å². The summed E-state index contributed by atoms with van der Waals surface area (Å²) in [7, 11) is 0. The van der Waals surface area contributed by atoms with Crippen molar-refractivity contribution in [2.75, 3.05) is 19.7 Å². The molecule has 9 heavy (non-hydrogen) atoms. The summed E-state index contributed by atoms with van der Waals surface area (Å²) in [6, 6.07) is 0.284. The van der Waals surface area contributed by atoms with Crippen LogP contribution in [-0.4, -0.2) is 31.3 Å². The molecule has 1 unspecified atom stereocenters. The van der Waals surface area contributed by atoms with E-state index in [1.807, 2.05) is 0 Å². The van der Waals surface area contributed by atoms with E-state index in [0.717, 1.165) is 26.1 Å². The van der Waals surface area contributed by atoms with Gasteiger partial charge in [0.2, 0.25) is 0 Å². The van der Waals surface area contributed by atoms with E-state index in [2.05, 4.69) is 5.32 Å². The van der Waals surface area contributed by atoms with Gasteiger partial charge in [0.15, 0.2) is 0 Å². The van der Waals surface area contributed by atoms with E-state index in [1.165, 1.54) is 0 Å². The smallest absolute Gasteiger partial charge is 0.0946 e. The molecular weight excluding hydrogens is 116 g/mol. The number of rotatable bonds is 0. The summed E-state index contributed by atoms with van der Waals surface area (Å²) >= 11 is 0. The van der Waals surface area contributed by atoms with Crippen molar-refractivity contribution in [3.63, 3.8) is 0 Å². The molecule has 0 aromatic heterocycles. The zero-order valence-electron chi connectivity index (χ0n) is 5.39. The molecule has 3 N–H and O–H groups in total. The quantitative estimate of drug-likeness (QED) is 0.443. The molecule has 2 rings (SSSR count). The maximum Gasteiger partial charge on any atom is 0.0946 e. The molecule has 1 atom stereocenters. The molecular formula is C6H12N2O. The lowest BCUT2D eigenvalue weighted by Crippen LogP contribution is -2.59. The highest BCUT2D eigenvalue weighted by molar-refractivity contribution is 5.00. The molecule has 1 spiro atoms. The highest BCUT2D eigenvalue weighted by Gasteiger charge is 2.43. The van der Waals surface area contributed by atoms with E-state index in [4.69, 9.17) is 10.5 Å². The predicted molar refractivity (Wildman–Crippen MR) is 34.1 cm³/mol. The molecule has 0 aromatic carbocycles. The summed E-state index contributed by atoms with van der Waals surface area (Å²) in [5.41, 5.74) is 5.82. The van der Waals surface area contributed by atoms with Gasteiger partial charge in [-0.15, -0.1) is 0 Å². The monoisotopic (exact) mass is 128 g/mol. The van der Waals surface area contributed by atoms with E-state index in [0.29, 0.717) is 0 Å². The minimum Gasteiger partial charge on any atom is -0.371 e. The van der Waals surface area contributed by atoms with Crippen molar-refractivity contribution in [3.8, 4) is 0 Å². The Morgan fingerprint density at radius 1 is 1.56 bits per heavy atom. The third-order valence-electron chi connectivity index (χ3n) is 2.13.